The van der Waals surface area contributed by atoms with Crippen molar-refractivity contribution in [1.29, 1.82) is 0 Å². The van der Waals surface area contributed by atoms with Crippen molar-refractivity contribution in [1.82, 2.24) is 20.8 Å². The van der Waals surface area contributed by atoms with Crippen molar-refractivity contribution >= 4 is 50.9 Å². The SMILES string of the molecule is CC1=C(C(=O)Nc2ccc3n[nH]c(Cl)c3c2)C(c2ccc3ccccc3c2)NC(=O)N1. The molecule has 0 bridgehead atoms. The zero-order valence-electron chi connectivity index (χ0n) is 16.5. The molecule has 3 amide bonds. The van der Waals surface area contributed by atoms with Crippen LogP contribution in [0.1, 0.15) is 18.5 Å². The molecule has 1 aliphatic rings. The first-order valence-corrected chi connectivity index (χ1v) is 10.1. The van der Waals surface area contributed by atoms with Gasteiger partial charge in [-0.3, -0.25) is 9.89 Å². The van der Waals surface area contributed by atoms with Gasteiger partial charge in [0, 0.05) is 16.8 Å². The molecule has 4 aromatic rings. The molecule has 3 aromatic carbocycles. The van der Waals surface area contributed by atoms with Crippen molar-refractivity contribution < 1.29 is 9.59 Å². The fourth-order valence-corrected chi connectivity index (χ4v) is 4.08. The van der Waals surface area contributed by atoms with Crippen molar-refractivity contribution in [3.8, 4) is 0 Å². The van der Waals surface area contributed by atoms with E-state index in [0.717, 1.165) is 16.3 Å². The molecule has 0 fully saturated rings. The fraction of sp³-hybridized carbons (Fsp3) is 0.0870. The van der Waals surface area contributed by atoms with Crippen LogP contribution in [0.3, 0.4) is 0 Å². The van der Waals surface area contributed by atoms with Crippen LogP contribution in [0.2, 0.25) is 5.15 Å². The number of carbonyl (C=O) groups is 2. The monoisotopic (exact) mass is 431 g/mol. The molecule has 1 aliphatic heterocycles. The Morgan fingerprint density at radius 2 is 1.87 bits per heavy atom. The normalized spacial score (nSPS) is 16.3. The van der Waals surface area contributed by atoms with E-state index < -0.39 is 6.04 Å². The lowest BCUT2D eigenvalue weighted by Crippen LogP contribution is -2.45. The van der Waals surface area contributed by atoms with Gasteiger partial charge in [0.2, 0.25) is 0 Å². The minimum absolute atomic E-state index is 0.317. The van der Waals surface area contributed by atoms with Crippen LogP contribution in [-0.2, 0) is 4.79 Å². The summed E-state index contributed by atoms with van der Waals surface area (Å²) < 4.78 is 0. The van der Waals surface area contributed by atoms with E-state index in [1.807, 2.05) is 42.5 Å². The van der Waals surface area contributed by atoms with Gasteiger partial charge in [0.25, 0.3) is 5.91 Å². The minimum Gasteiger partial charge on any atom is -0.327 e. The summed E-state index contributed by atoms with van der Waals surface area (Å²) in [5, 5.41) is 18.5. The first kappa shape index (κ1) is 19.1. The van der Waals surface area contributed by atoms with E-state index in [1.54, 1.807) is 25.1 Å². The molecule has 1 unspecified atom stereocenters. The summed E-state index contributed by atoms with van der Waals surface area (Å²) in [5.41, 5.74) is 3.05. The van der Waals surface area contributed by atoms with Gasteiger partial charge < -0.3 is 16.0 Å². The maximum atomic E-state index is 13.3. The molecular formula is C23H18ClN5O2. The second kappa shape index (κ2) is 7.45. The number of halogens is 1. The number of allylic oxidation sites excluding steroid dienone is 1. The highest BCUT2D eigenvalue weighted by Crippen LogP contribution is 2.30. The molecule has 5 rings (SSSR count). The molecule has 0 aliphatic carbocycles. The van der Waals surface area contributed by atoms with E-state index in [9.17, 15) is 9.59 Å². The molecule has 154 valence electrons. The number of rotatable bonds is 3. The van der Waals surface area contributed by atoms with Crippen LogP contribution in [0.15, 0.2) is 71.9 Å². The summed E-state index contributed by atoms with van der Waals surface area (Å²) in [6.45, 7) is 1.72. The number of H-pyrrole nitrogens is 1. The summed E-state index contributed by atoms with van der Waals surface area (Å²) in [7, 11) is 0. The van der Waals surface area contributed by atoms with Crippen LogP contribution in [-0.4, -0.2) is 22.1 Å². The van der Waals surface area contributed by atoms with Crippen molar-refractivity contribution in [3.05, 3.63) is 82.7 Å². The fourth-order valence-electron chi connectivity index (χ4n) is 3.89. The van der Waals surface area contributed by atoms with Gasteiger partial charge in [-0.2, -0.15) is 5.10 Å². The average Bonchev–Trinajstić information content (AvgIpc) is 3.13. The van der Waals surface area contributed by atoms with Gasteiger partial charge in [0.15, 0.2) is 0 Å². The molecule has 0 saturated carbocycles. The van der Waals surface area contributed by atoms with E-state index in [1.165, 1.54) is 0 Å². The average molecular weight is 432 g/mol. The molecule has 0 saturated heterocycles. The molecule has 1 aromatic heterocycles. The lowest BCUT2D eigenvalue weighted by molar-refractivity contribution is -0.113. The summed E-state index contributed by atoms with van der Waals surface area (Å²) in [6.07, 6.45) is 0. The predicted octanol–water partition coefficient (Wildman–Crippen LogP) is 4.64. The molecule has 4 N–H and O–H groups in total. The zero-order chi connectivity index (χ0) is 21.5. The Balaban J connectivity index is 1.51. The zero-order valence-corrected chi connectivity index (χ0v) is 17.2. The highest BCUT2D eigenvalue weighted by atomic mass is 35.5. The number of aromatic amines is 1. The van der Waals surface area contributed by atoms with Crippen LogP contribution in [0.4, 0.5) is 10.5 Å². The Kier molecular flexibility index (Phi) is 4.60. The number of carbonyl (C=O) groups excluding carboxylic acids is 2. The third-order valence-corrected chi connectivity index (χ3v) is 5.67. The number of urea groups is 1. The topological polar surface area (TPSA) is 98.9 Å². The highest BCUT2D eigenvalue weighted by molar-refractivity contribution is 6.34. The van der Waals surface area contributed by atoms with Gasteiger partial charge in [-0.05, 0) is 47.5 Å². The second-order valence-corrected chi connectivity index (χ2v) is 7.78. The van der Waals surface area contributed by atoms with Crippen LogP contribution < -0.4 is 16.0 Å². The maximum absolute atomic E-state index is 13.3. The Hall–Kier alpha value is -3.84. The van der Waals surface area contributed by atoms with Crippen LogP contribution in [0, 0.1) is 0 Å². The van der Waals surface area contributed by atoms with E-state index >= 15 is 0 Å². The number of nitrogens with zero attached hydrogens (tertiary/aromatic N) is 1. The third kappa shape index (κ3) is 3.49. The second-order valence-electron chi connectivity index (χ2n) is 7.40. The molecule has 0 radical (unpaired) electrons. The molecule has 2 heterocycles. The minimum atomic E-state index is -0.584. The van der Waals surface area contributed by atoms with E-state index in [4.69, 9.17) is 11.6 Å². The number of hydrogen-bond acceptors (Lipinski definition) is 3. The molecular weight excluding hydrogens is 414 g/mol. The molecule has 7 nitrogen and oxygen atoms in total. The smallest absolute Gasteiger partial charge is 0.319 e. The Morgan fingerprint density at radius 3 is 2.71 bits per heavy atom. The number of amides is 3. The number of benzene rings is 3. The first-order valence-electron chi connectivity index (χ1n) is 9.71. The lowest BCUT2D eigenvalue weighted by atomic mass is 9.93. The summed E-state index contributed by atoms with van der Waals surface area (Å²) in [6, 6.07) is 18.2. The van der Waals surface area contributed by atoms with Gasteiger partial charge in [0.05, 0.1) is 17.1 Å². The Labute approximate surface area is 182 Å². The summed E-state index contributed by atoms with van der Waals surface area (Å²) in [4.78, 5) is 25.5. The number of nitrogens with one attached hydrogen (secondary N) is 4. The summed E-state index contributed by atoms with van der Waals surface area (Å²) >= 11 is 6.12. The maximum Gasteiger partial charge on any atom is 0.319 e. The first-order chi connectivity index (χ1) is 15.0. The van der Waals surface area contributed by atoms with Crippen molar-refractivity contribution in [2.75, 3.05) is 5.32 Å². The highest BCUT2D eigenvalue weighted by Gasteiger charge is 2.31. The Bertz CT molecular complexity index is 1390. The van der Waals surface area contributed by atoms with E-state index in [2.05, 4.69) is 26.1 Å². The summed E-state index contributed by atoms with van der Waals surface area (Å²) in [5.74, 6) is -0.317. The van der Waals surface area contributed by atoms with Gasteiger partial charge in [0.1, 0.15) is 5.15 Å². The molecule has 1 atom stereocenters. The quantitative estimate of drug-likeness (QED) is 0.380. The lowest BCUT2D eigenvalue weighted by Gasteiger charge is -2.29. The van der Waals surface area contributed by atoms with Crippen LogP contribution in [0.5, 0.6) is 0 Å². The number of hydrogen-bond donors (Lipinski definition) is 4. The van der Waals surface area contributed by atoms with Crippen molar-refractivity contribution in [2.45, 2.75) is 13.0 Å². The molecule has 8 heteroatoms. The predicted molar refractivity (Wildman–Crippen MR) is 121 cm³/mol. The number of aromatic nitrogens is 2. The van der Waals surface area contributed by atoms with E-state index in [-0.39, 0.29) is 11.9 Å². The largest absolute Gasteiger partial charge is 0.327 e. The van der Waals surface area contributed by atoms with Gasteiger partial charge in [-0.15, -0.1) is 0 Å². The van der Waals surface area contributed by atoms with Gasteiger partial charge in [-0.25, -0.2) is 4.79 Å². The standard InChI is InChI=1S/C23H18ClN5O2/c1-12-19(22(30)26-16-8-9-18-17(11-16)21(24)29-28-18)20(27-23(31)25-12)15-7-6-13-4-2-3-5-14(13)10-15/h2-11,20H,1H3,(H,26,30)(H,28,29)(H2,25,27,31). The van der Waals surface area contributed by atoms with Gasteiger partial charge >= 0.3 is 6.03 Å². The van der Waals surface area contributed by atoms with Crippen LogP contribution in [0.25, 0.3) is 21.7 Å². The number of fused-ring (bicyclic) bond motifs is 2. The van der Waals surface area contributed by atoms with Crippen molar-refractivity contribution in [3.63, 3.8) is 0 Å². The Morgan fingerprint density at radius 1 is 1.06 bits per heavy atom. The third-order valence-electron chi connectivity index (χ3n) is 5.39. The molecule has 0 spiro atoms. The molecule has 31 heavy (non-hydrogen) atoms. The van der Waals surface area contributed by atoms with Gasteiger partial charge in [-0.1, -0.05) is 48.0 Å². The van der Waals surface area contributed by atoms with Crippen LogP contribution >= 0.6 is 11.6 Å². The number of anilines is 1. The van der Waals surface area contributed by atoms with E-state index in [0.29, 0.717) is 33.0 Å². The van der Waals surface area contributed by atoms with Crippen molar-refractivity contribution in [2.24, 2.45) is 0 Å².